The lowest BCUT2D eigenvalue weighted by Gasteiger charge is -2.05. The molecule has 1 aliphatic rings. The molecule has 0 bridgehead atoms. The molecule has 0 saturated heterocycles. The molecule has 1 aromatic rings. The molecule has 1 N–H and O–H groups in total. The van der Waals surface area contributed by atoms with Crippen LogP contribution in [0.4, 0.5) is 4.39 Å². The van der Waals surface area contributed by atoms with E-state index in [4.69, 9.17) is 4.74 Å². The topological polar surface area (TPSA) is 38.3 Å². The van der Waals surface area contributed by atoms with Gasteiger partial charge in [-0.3, -0.25) is 4.79 Å². The van der Waals surface area contributed by atoms with Crippen molar-refractivity contribution in [2.24, 2.45) is 0 Å². The molecule has 4 heteroatoms. The summed E-state index contributed by atoms with van der Waals surface area (Å²) in [6, 6.07) is 5.18. The lowest BCUT2D eigenvalue weighted by molar-refractivity contribution is -0.121. The minimum absolute atomic E-state index is 0.0451. The Kier molecular flexibility index (Phi) is 3.61. The van der Waals surface area contributed by atoms with E-state index in [0.29, 0.717) is 18.9 Å². The SMILES string of the molecule is COc1ccc(CCC(=O)NC2CC2)cc1F. The van der Waals surface area contributed by atoms with Crippen LogP contribution in [-0.2, 0) is 11.2 Å². The smallest absolute Gasteiger partial charge is 0.220 e. The number of rotatable bonds is 5. The second-order valence-electron chi connectivity index (χ2n) is 4.31. The molecule has 2 rings (SSSR count). The highest BCUT2D eigenvalue weighted by atomic mass is 19.1. The zero-order valence-electron chi connectivity index (χ0n) is 9.83. The van der Waals surface area contributed by atoms with Crippen LogP contribution < -0.4 is 10.1 Å². The molecule has 0 radical (unpaired) electrons. The van der Waals surface area contributed by atoms with E-state index in [0.717, 1.165) is 18.4 Å². The highest BCUT2D eigenvalue weighted by Gasteiger charge is 2.22. The Morgan fingerprint density at radius 1 is 1.53 bits per heavy atom. The molecule has 0 spiro atoms. The van der Waals surface area contributed by atoms with Gasteiger partial charge in [-0.05, 0) is 37.0 Å². The minimum atomic E-state index is -0.382. The lowest BCUT2D eigenvalue weighted by Crippen LogP contribution is -2.25. The number of benzene rings is 1. The lowest BCUT2D eigenvalue weighted by atomic mass is 10.1. The van der Waals surface area contributed by atoms with Crippen molar-refractivity contribution >= 4 is 5.91 Å². The van der Waals surface area contributed by atoms with Gasteiger partial charge in [-0.25, -0.2) is 4.39 Å². The monoisotopic (exact) mass is 237 g/mol. The standard InChI is InChI=1S/C13H16FNO2/c1-17-12-6-2-9(8-11(12)14)3-7-13(16)15-10-4-5-10/h2,6,8,10H,3-5,7H2,1H3,(H,15,16). The van der Waals surface area contributed by atoms with Gasteiger partial charge in [0.05, 0.1) is 7.11 Å². The van der Waals surface area contributed by atoms with Gasteiger partial charge >= 0.3 is 0 Å². The van der Waals surface area contributed by atoms with E-state index < -0.39 is 0 Å². The largest absolute Gasteiger partial charge is 0.494 e. The first kappa shape index (κ1) is 11.9. The van der Waals surface area contributed by atoms with Crippen molar-refractivity contribution in [3.63, 3.8) is 0 Å². The average Bonchev–Trinajstić information content (AvgIpc) is 3.10. The van der Waals surface area contributed by atoms with Crippen LogP contribution in [0.25, 0.3) is 0 Å². The van der Waals surface area contributed by atoms with Gasteiger partial charge in [-0.15, -0.1) is 0 Å². The summed E-state index contributed by atoms with van der Waals surface area (Å²) < 4.78 is 18.2. The Hall–Kier alpha value is -1.58. The van der Waals surface area contributed by atoms with Crippen molar-refractivity contribution in [2.45, 2.75) is 31.7 Å². The minimum Gasteiger partial charge on any atom is -0.494 e. The van der Waals surface area contributed by atoms with Gasteiger partial charge in [0.1, 0.15) is 0 Å². The van der Waals surface area contributed by atoms with Crippen LogP contribution in [-0.4, -0.2) is 19.1 Å². The first-order valence-corrected chi connectivity index (χ1v) is 5.81. The molecule has 0 heterocycles. The van der Waals surface area contributed by atoms with E-state index in [1.807, 2.05) is 0 Å². The van der Waals surface area contributed by atoms with Crippen molar-refractivity contribution in [1.82, 2.24) is 5.32 Å². The Morgan fingerprint density at radius 2 is 2.29 bits per heavy atom. The maximum absolute atomic E-state index is 13.4. The van der Waals surface area contributed by atoms with Crippen LogP contribution in [0.2, 0.25) is 0 Å². The number of hydrogen-bond donors (Lipinski definition) is 1. The van der Waals surface area contributed by atoms with Gasteiger partial charge < -0.3 is 10.1 Å². The summed E-state index contributed by atoms with van der Waals surface area (Å²) >= 11 is 0. The number of hydrogen-bond acceptors (Lipinski definition) is 2. The third kappa shape index (κ3) is 3.44. The second kappa shape index (κ2) is 5.17. The number of nitrogens with one attached hydrogen (secondary N) is 1. The molecule has 17 heavy (non-hydrogen) atoms. The number of halogens is 1. The Bertz CT molecular complexity index is 416. The van der Waals surface area contributed by atoms with E-state index in [1.54, 1.807) is 12.1 Å². The highest BCUT2D eigenvalue weighted by molar-refractivity contribution is 5.76. The predicted octanol–water partition coefficient (Wildman–Crippen LogP) is 2.05. The van der Waals surface area contributed by atoms with Gasteiger partial charge in [0, 0.05) is 12.5 Å². The van der Waals surface area contributed by atoms with Crippen molar-refractivity contribution in [3.05, 3.63) is 29.6 Å². The number of methoxy groups -OCH3 is 1. The Labute approximate surface area is 100.0 Å². The molecule has 1 aliphatic carbocycles. The third-order valence-electron chi connectivity index (χ3n) is 2.80. The molecule has 1 saturated carbocycles. The summed E-state index contributed by atoms with van der Waals surface area (Å²) in [6.45, 7) is 0. The maximum Gasteiger partial charge on any atom is 0.220 e. The maximum atomic E-state index is 13.4. The number of carbonyl (C=O) groups excluding carboxylic acids is 1. The first-order valence-electron chi connectivity index (χ1n) is 5.81. The summed E-state index contributed by atoms with van der Waals surface area (Å²) in [6.07, 6.45) is 3.13. The van der Waals surface area contributed by atoms with Gasteiger partial charge in [-0.2, -0.15) is 0 Å². The van der Waals surface area contributed by atoms with Crippen molar-refractivity contribution in [2.75, 3.05) is 7.11 Å². The normalized spacial score (nSPS) is 14.5. The molecule has 1 aromatic carbocycles. The fraction of sp³-hybridized carbons (Fsp3) is 0.462. The van der Waals surface area contributed by atoms with E-state index in [9.17, 15) is 9.18 Å². The van der Waals surface area contributed by atoms with E-state index in [2.05, 4.69) is 5.32 Å². The van der Waals surface area contributed by atoms with E-state index >= 15 is 0 Å². The van der Waals surface area contributed by atoms with Crippen LogP contribution in [0.1, 0.15) is 24.8 Å². The second-order valence-corrected chi connectivity index (χ2v) is 4.31. The summed E-state index contributed by atoms with van der Waals surface area (Å²) in [5.74, 6) is -0.104. The highest BCUT2D eigenvalue weighted by Crippen LogP contribution is 2.20. The van der Waals surface area contributed by atoms with Crippen molar-refractivity contribution in [3.8, 4) is 5.75 Å². The number of aryl methyl sites for hydroxylation is 1. The zero-order chi connectivity index (χ0) is 12.3. The van der Waals surface area contributed by atoms with Gasteiger partial charge in [0.15, 0.2) is 11.6 Å². The number of ether oxygens (including phenoxy) is 1. The predicted molar refractivity (Wildman–Crippen MR) is 62.4 cm³/mol. The van der Waals surface area contributed by atoms with Crippen LogP contribution >= 0.6 is 0 Å². The van der Waals surface area contributed by atoms with Crippen LogP contribution in [0.5, 0.6) is 5.75 Å². The molecule has 0 atom stereocenters. The summed E-state index contributed by atoms with van der Waals surface area (Å²) in [5, 5.41) is 2.90. The average molecular weight is 237 g/mol. The molecule has 3 nitrogen and oxygen atoms in total. The van der Waals surface area contributed by atoms with E-state index in [-0.39, 0.29) is 17.5 Å². The molecule has 1 amide bonds. The molecule has 0 aliphatic heterocycles. The number of amides is 1. The van der Waals surface area contributed by atoms with Gasteiger partial charge in [-0.1, -0.05) is 6.07 Å². The fourth-order valence-electron chi connectivity index (χ4n) is 1.65. The molecule has 0 unspecified atom stereocenters. The molecule has 92 valence electrons. The van der Waals surface area contributed by atoms with Crippen LogP contribution in [0.3, 0.4) is 0 Å². The zero-order valence-corrected chi connectivity index (χ0v) is 9.83. The molecular formula is C13H16FNO2. The Morgan fingerprint density at radius 3 is 2.88 bits per heavy atom. The van der Waals surface area contributed by atoms with Gasteiger partial charge in [0.2, 0.25) is 5.91 Å². The summed E-state index contributed by atoms with van der Waals surface area (Å²) in [5.41, 5.74) is 0.814. The van der Waals surface area contributed by atoms with Gasteiger partial charge in [0.25, 0.3) is 0 Å². The summed E-state index contributed by atoms with van der Waals surface area (Å²) in [7, 11) is 1.43. The number of carbonyl (C=O) groups is 1. The first-order chi connectivity index (χ1) is 8.19. The molecule has 1 fully saturated rings. The quantitative estimate of drug-likeness (QED) is 0.851. The molecule has 0 aromatic heterocycles. The Balaban J connectivity index is 1.85. The molecular weight excluding hydrogens is 221 g/mol. The third-order valence-corrected chi connectivity index (χ3v) is 2.80. The van der Waals surface area contributed by atoms with Crippen LogP contribution in [0.15, 0.2) is 18.2 Å². The van der Waals surface area contributed by atoms with Crippen molar-refractivity contribution < 1.29 is 13.9 Å². The summed E-state index contributed by atoms with van der Waals surface area (Å²) in [4.78, 5) is 11.4. The fourth-order valence-corrected chi connectivity index (χ4v) is 1.65. The van der Waals surface area contributed by atoms with E-state index in [1.165, 1.54) is 13.2 Å². The van der Waals surface area contributed by atoms with Crippen molar-refractivity contribution in [1.29, 1.82) is 0 Å². The van der Waals surface area contributed by atoms with Crippen LogP contribution in [0, 0.1) is 5.82 Å².